The Morgan fingerprint density at radius 3 is 2.23 bits per heavy atom. The zero-order chi connectivity index (χ0) is 20.1. The van der Waals surface area contributed by atoms with Crippen LogP contribution in [0.4, 0.5) is 0 Å². The predicted molar refractivity (Wildman–Crippen MR) is 124 cm³/mol. The van der Waals surface area contributed by atoms with Crippen LogP contribution in [0.25, 0.3) is 54.7 Å². The first-order valence-corrected chi connectivity index (χ1v) is 9.97. The first-order chi connectivity index (χ1) is 14.8. The molecule has 0 fully saturated rings. The molecule has 0 unspecified atom stereocenters. The lowest BCUT2D eigenvalue weighted by molar-refractivity contribution is 0.415. The summed E-state index contributed by atoms with van der Waals surface area (Å²) in [5.74, 6) is 0.843. The fraction of sp³-hybridized carbons (Fsp3) is 0.0370. The lowest BCUT2D eigenvalue weighted by Crippen LogP contribution is -1.93. The van der Waals surface area contributed by atoms with Crippen LogP contribution in [0.2, 0.25) is 0 Å². The van der Waals surface area contributed by atoms with Crippen LogP contribution < -0.4 is 4.74 Å². The number of nitrogens with zero attached hydrogens (tertiary/aromatic N) is 2. The highest BCUT2D eigenvalue weighted by atomic mass is 16.5. The maximum absolute atomic E-state index is 5.37. The third-order valence-corrected chi connectivity index (χ3v) is 5.74. The number of benzene rings is 4. The van der Waals surface area contributed by atoms with Crippen LogP contribution in [0.15, 0.2) is 91.0 Å². The Morgan fingerprint density at radius 1 is 0.633 bits per heavy atom. The molecule has 0 saturated carbocycles. The lowest BCUT2D eigenvalue weighted by atomic mass is 9.94. The molecule has 0 saturated heterocycles. The average Bonchev–Trinajstić information content (AvgIpc) is 2.81. The van der Waals surface area contributed by atoms with Crippen LogP contribution >= 0.6 is 0 Å². The predicted octanol–water partition coefficient (Wildman–Crippen LogP) is 6.77. The molecule has 0 bridgehead atoms. The largest absolute Gasteiger partial charge is 0.497 e. The van der Waals surface area contributed by atoms with E-state index in [1.165, 1.54) is 5.39 Å². The molecule has 0 radical (unpaired) electrons. The Balaban J connectivity index is 1.82. The van der Waals surface area contributed by atoms with E-state index in [1.54, 1.807) is 7.11 Å². The number of pyridine rings is 2. The van der Waals surface area contributed by atoms with Crippen LogP contribution in [0, 0.1) is 0 Å². The first-order valence-electron chi connectivity index (χ1n) is 9.97. The van der Waals surface area contributed by atoms with Gasteiger partial charge in [-0.2, -0.15) is 0 Å². The van der Waals surface area contributed by atoms with Gasteiger partial charge in [0.15, 0.2) is 5.65 Å². The van der Waals surface area contributed by atoms with Gasteiger partial charge in [-0.25, -0.2) is 9.97 Å². The van der Waals surface area contributed by atoms with E-state index in [1.807, 2.05) is 30.3 Å². The SMILES string of the molecule is COc1ccc(-c2c3cc4ccccc4nc3nc3c2ccc2ccccc23)cc1. The highest BCUT2D eigenvalue weighted by molar-refractivity contribution is 6.17. The number of rotatable bonds is 2. The zero-order valence-electron chi connectivity index (χ0n) is 16.5. The molecule has 0 aliphatic rings. The molecule has 0 aliphatic heterocycles. The molecule has 0 atom stereocenters. The number of fused-ring (bicyclic) bond motifs is 5. The highest BCUT2D eigenvalue weighted by Gasteiger charge is 2.15. The number of hydrogen-bond donors (Lipinski definition) is 0. The molecule has 6 rings (SSSR count). The number of hydrogen-bond acceptors (Lipinski definition) is 3. The maximum Gasteiger partial charge on any atom is 0.161 e. The van der Waals surface area contributed by atoms with E-state index < -0.39 is 0 Å². The Morgan fingerprint density at radius 2 is 1.40 bits per heavy atom. The fourth-order valence-corrected chi connectivity index (χ4v) is 4.27. The van der Waals surface area contributed by atoms with E-state index in [-0.39, 0.29) is 0 Å². The van der Waals surface area contributed by atoms with Gasteiger partial charge in [0.2, 0.25) is 0 Å². The summed E-state index contributed by atoms with van der Waals surface area (Å²) in [6, 6.07) is 31.4. The third-order valence-electron chi connectivity index (χ3n) is 5.74. The van der Waals surface area contributed by atoms with Gasteiger partial charge in [-0.15, -0.1) is 0 Å². The first kappa shape index (κ1) is 16.9. The molecule has 142 valence electrons. The van der Waals surface area contributed by atoms with E-state index in [4.69, 9.17) is 14.7 Å². The van der Waals surface area contributed by atoms with Crippen molar-refractivity contribution in [3.8, 4) is 16.9 Å². The zero-order valence-corrected chi connectivity index (χ0v) is 16.5. The minimum Gasteiger partial charge on any atom is -0.497 e. The van der Waals surface area contributed by atoms with Gasteiger partial charge in [-0.05, 0) is 35.2 Å². The highest BCUT2D eigenvalue weighted by Crippen LogP contribution is 2.38. The van der Waals surface area contributed by atoms with E-state index in [2.05, 4.69) is 60.7 Å². The minimum atomic E-state index is 0.767. The van der Waals surface area contributed by atoms with E-state index in [0.717, 1.165) is 55.1 Å². The van der Waals surface area contributed by atoms with Crippen LogP contribution in [-0.4, -0.2) is 17.1 Å². The Bertz CT molecular complexity index is 1570. The maximum atomic E-state index is 5.37. The van der Waals surface area contributed by atoms with Crippen LogP contribution in [0.5, 0.6) is 5.75 Å². The van der Waals surface area contributed by atoms with Gasteiger partial charge in [-0.3, -0.25) is 0 Å². The smallest absolute Gasteiger partial charge is 0.161 e. The van der Waals surface area contributed by atoms with Crippen LogP contribution in [0.3, 0.4) is 0 Å². The van der Waals surface area contributed by atoms with Crippen molar-refractivity contribution in [3.05, 3.63) is 91.0 Å². The number of ether oxygens (including phenoxy) is 1. The van der Waals surface area contributed by atoms with E-state index >= 15 is 0 Å². The molecule has 4 aromatic carbocycles. The molecule has 30 heavy (non-hydrogen) atoms. The van der Waals surface area contributed by atoms with Gasteiger partial charge in [0, 0.05) is 27.1 Å². The Labute approximate surface area is 173 Å². The summed E-state index contributed by atoms with van der Waals surface area (Å²) in [7, 11) is 1.69. The molecule has 2 aromatic heterocycles. The summed E-state index contributed by atoms with van der Waals surface area (Å²) in [5, 5.41) is 5.62. The second-order valence-corrected chi connectivity index (χ2v) is 7.45. The van der Waals surface area contributed by atoms with E-state index in [0.29, 0.717) is 0 Å². The fourth-order valence-electron chi connectivity index (χ4n) is 4.27. The van der Waals surface area contributed by atoms with Gasteiger partial charge >= 0.3 is 0 Å². The van der Waals surface area contributed by atoms with Crippen molar-refractivity contribution in [2.75, 3.05) is 7.11 Å². The van der Waals surface area contributed by atoms with Crippen molar-refractivity contribution in [1.29, 1.82) is 0 Å². The Kier molecular flexibility index (Phi) is 3.68. The molecule has 3 nitrogen and oxygen atoms in total. The summed E-state index contributed by atoms with van der Waals surface area (Å²) < 4.78 is 5.37. The molecule has 3 heteroatoms. The van der Waals surface area contributed by atoms with Gasteiger partial charge in [0.05, 0.1) is 18.1 Å². The molecular formula is C27H18N2O. The van der Waals surface area contributed by atoms with Crippen molar-refractivity contribution in [3.63, 3.8) is 0 Å². The van der Waals surface area contributed by atoms with Crippen molar-refractivity contribution in [2.45, 2.75) is 0 Å². The van der Waals surface area contributed by atoms with Gasteiger partial charge < -0.3 is 4.74 Å². The number of methoxy groups -OCH3 is 1. The second kappa shape index (κ2) is 6.53. The quantitative estimate of drug-likeness (QED) is 0.243. The molecule has 0 N–H and O–H groups in total. The van der Waals surface area contributed by atoms with Crippen molar-refractivity contribution < 1.29 is 4.74 Å². The Hall–Kier alpha value is -3.98. The summed E-state index contributed by atoms with van der Waals surface area (Å²) in [6.07, 6.45) is 0. The number of aromatic nitrogens is 2. The third kappa shape index (κ3) is 2.52. The minimum absolute atomic E-state index is 0.767. The second-order valence-electron chi connectivity index (χ2n) is 7.45. The normalized spacial score (nSPS) is 11.5. The molecule has 0 aliphatic carbocycles. The molecular weight excluding hydrogens is 368 g/mol. The van der Waals surface area contributed by atoms with Crippen molar-refractivity contribution >= 4 is 43.6 Å². The van der Waals surface area contributed by atoms with Crippen molar-refractivity contribution in [1.82, 2.24) is 9.97 Å². The monoisotopic (exact) mass is 386 g/mol. The lowest BCUT2D eigenvalue weighted by Gasteiger charge is -2.14. The summed E-state index contributed by atoms with van der Waals surface area (Å²) in [4.78, 5) is 9.96. The average molecular weight is 386 g/mol. The van der Waals surface area contributed by atoms with Gasteiger partial charge in [0.1, 0.15) is 5.75 Å². The van der Waals surface area contributed by atoms with Crippen LogP contribution in [-0.2, 0) is 0 Å². The molecule has 0 amide bonds. The van der Waals surface area contributed by atoms with Gasteiger partial charge in [0.25, 0.3) is 0 Å². The summed E-state index contributed by atoms with van der Waals surface area (Å²) >= 11 is 0. The van der Waals surface area contributed by atoms with Crippen LogP contribution in [0.1, 0.15) is 0 Å². The van der Waals surface area contributed by atoms with Gasteiger partial charge in [-0.1, -0.05) is 66.7 Å². The topological polar surface area (TPSA) is 35.0 Å². The summed E-state index contributed by atoms with van der Waals surface area (Å²) in [5.41, 5.74) is 4.98. The molecule has 6 aromatic rings. The summed E-state index contributed by atoms with van der Waals surface area (Å²) in [6.45, 7) is 0. The van der Waals surface area contributed by atoms with E-state index in [9.17, 15) is 0 Å². The molecule has 0 spiro atoms. The standard InChI is InChI=1S/C27H18N2O/c1-30-20-13-10-18(11-14-20)25-22-15-12-17-6-2-4-8-21(17)26(22)29-27-23(25)16-19-7-3-5-9-24(19)28-27/h2-16H,1H3. The van der Waals surface area contributed by atoms with Crippen molar-refractivity contribution in [2.24, 2.45) is 0 Å². The molecule has 2 heterocycles. The number of para-hydroxylation sites is 1.